The first-order chi connectivity index (χ1) is 13.2. The largest absolute Gasteiger partial charge is 0.393 e. The lowest BCUT2D eigenvalue weighted by atomic mass is 9.44. The Hall–Kier alpha value is -1.33. The van der Waals surface area contributed by atoms with Crippen molar-refractivity contribution in [3.8, 4) is 0 Å². The van der Waals surface area contributed by atoms with E-state index in [2.05, 4.69) is 6.92 Å². The highest BCUT2D eigenvalue weighted by Crippen LogP contribution is 2.69. The number of carbonyl (C=O) groups is 3. The number of Topliss-reactive ketones (excluding diaryl/α,β-unsaturated/α-hetero) is 1. The van der Waals surface area contributed by atoms with Gasteiger partial charge in [0.15, 0.2) is 11.6 Å². The molecule has 0 amide bonds. The number of carbonyl (C=O) groups excluding carboxylic acids is 3. The van der Waals surface area contributed by atoms with E-state index in [1.807, 2.05) is 13.0 Å². The predicted molar refractivity (Wildman–Crippen MR) is 103 cm³/mol. The van der Waals surface area contributed by atoms with E-state index in [9.17, 15) is 19.5 Å². The summed E-state index contributed by atoms with van der Waals surface area (Å²) >= 11 is 0. The topological polar surface area (TPSA) is 80.7 Å². The zero-order chi connectivity index (χ0) is 20.3. The van der Waals surface area contributed by atoms with Gasteiger partial charge in [0.2, 0.25) is 0 Å². The maximum Gasteiger partial charge on any atom is 0.172 e. The van der Waals surface area contributed by atoms with Gasteiger partial charge >= 0.3 is 0 Å². The van der Waals surface area contributed by atoms with E-state index < -0.39 is 16.9 Å². The molecule has 5 unspecified atom stereocenters. The molecule has 0 bridgehead atoms. The summed E-state index contributed by atoms with van der Waals surface area (Å²) in [6.45, 7) is 4.20. The summed E-state index contributed by atoms with van der Waals surface area (Å²) in [4.78, 5) is 37.2. The summed E-state index contributed by atoms with van der Waals surface area (Å²) in [5, 5.41) is 11.4. The molecule has 5 nitrogen and oxygen atoms in total. The molecular formula is C23H32O5. The molecule has 1 N–H and O–H groups in total. The molecule has 28 heavy (non-hydrogen) atoms. The Labute approximate surface area is 166 Å². The number of aldehydes is 1. The van der Waals surface area contributed by atoms with Crippen molar-refractivity contribution < 1.29 is 24.2 Å². The van der Waals surface area contributed by atoms with Crippen molar-refractivity contribution in [3.05, 3.63) is 11.6 Å². The van der Waals surface area contributed by atoms with Crippen LogP contribution in [0.3, 0.4) is 0 Å². The molecule has 4 aliphatic carbocycles. The highest BCUT2D eigenvalue weighted by molar-refractivity contribution is 6.00. The molecule has 0 spiro atoms. The Morgan fingerprint density at radius 2 is 2.04 bits per heavy atom. The van der Waals surface area contributed by atoms with Crippen molar-refractivity contribution in [1.29, 1.82) is 0 Å². The van der Waals surface area contributed by atoms with Crippen LogP contribution in [-0.2, 0) is 19.1 Å². The Bertz CT molecular complexity index is 741. The number of ketones is 2. The third-order valence-corrected chi connectivity index (χ3v) is 9.13. The van der Waals surface area contributed by atoms with Crippen LogP contribution in [0.15, 0.2) is 11.6 Å². The van der Waals surface area contributed by atoms with Crippen LogP contribution in [0.2, 0.25) is 0 Å². The maximum atomic E-state index is 13.0. The molecule has 3 saturated carbocycles. The standard InChI is InChI=1S/C23H32O5/c1-21-8-6-15(25)10-14(21)4-5-16-17-7-9-23(13-24,19(27)12-28-3)22(17,2)11-18(26)20(16)21/h10,13,16-18,20,26H,4-9,11-12H2,1-3H3/t16?,17?,18-,20?,21-,22?,23?/m0/s1. The van der Waals surface area contributed by atoms with Gasteiger partial charge in [-0.25, -0.2) is 0 Å². The van der Waals surface area contributed by atoms with Gasteiger partial charge in [-0.1, -0.05) is 19.4 Å². The molecule has 4 rings (SSSR count). The van der Waals surface area contributed by atoms with Gasteiger partial charge in [-0.3, -0.25) is 9.59 Å². The van der Waals surface area contributed by atoms with Gasteiger partial charge < -0.3 is 14.6 Å². The van der Waals surface area contributed by atoms with E-state index in [-0.39, 0.29) is 41.3 Å². The van der Waals surface area contributed by atoms with Crippen LogP contribution in [0.25, 0.3) is 0 Å². The summed E-state index contributed by atoms with van der Waals surface area (Å²) < 4.78 is 5.09. The van der Waals surface area contributed by atoms with Gasteiger partial charge in [0.1, 0.15) is 12.9 Å². The van der Waals surface area contributed by atoms with E-state index in [1.165, 1.54) is 12.7 Å². The highest BCUT2D eigenvalue weighted by atomic mass is 16.5. The lowest BCUT2D eigenvalue weighted by Crippen LogP contribution is -2.60. The van der Waals surface area contributed by atoms with Crippen LogP contribution in [-0.4, -0.2) is 42.8 Å². The molecule has 0 aromatic rings. The number of aliphatic hydroxyl groups excluding tert-OH is 1. The first kappa shape index (κ1) is 20.0. The quantitative estimate of drug-likeness (QED) is 0.592. The SMILES string of the molecule is COCC(=O)C1(C=O)CCC2C3CCC4=CC(=O)CC[C@]4(C)C3[C@@H](O)CC21C. The Kier molecular flexibility index (Phi) is 4.70. The van der Waals surface area contributed by atoms with E-state index in [4.69, 9.17) is 4.74 Å². The number of hydrogen-bond acceptors (Lipinski definition) is 5. The molecule has 0 saturated heterocycles. The van der Waals surface area contributed by atoms with E-state index in [0.29, 0.717) is 19.3 Å². The van der Waals surface area contributed by atoms with Crippen molar-refractivity contribution in [2.75, 3.05) is 13.7 Å². The van der Waals surface area contributed by atoms with Gasteiger partial charge in [0.05, 0.1) is 11.5 Å². The zero-order valence-corrected chi connectivity index (χ0v) is 17.2. The normalized spacial score (nSPS) is 47.6. The fourth-order valence-electron chi connectivity index (χ4n) is 7.73. The number of methoxy groups -OCH3 is 1. The lowest BCUT2D eigenvalue weighted by molar-refractivity contribution is -0.165. The van der Waals surface area contributed by atoms with Gasteiger partial charge in [-0.2, -0.15) is 0 Å². The highest BCUT2D eigenvalue weighted by Gasteiger charge is 2.68. The number of ether oxygens (including phenoxy) is 1. The number of rotatable bonds is 4. The van der Waals surface area contributed by atoms with E-state index >= 15 is 0 Å². The second-order valence-corrected chi connectivity index (χ2v) is 10.1. The second-order valence-electron chi connectivity index (χ2n) is 10.1. The Morgan fingerprint density at radius 1 is 1.29 bits per heavy atom. The Morgan fingerprint density at radius 3 is 2.71 bits per heavy atom. The van der Waals surface area contributed by atoms with Crippen LogP contribution >= 0.6 is 0 Å². The number of fused-ring (bicyclic) bond motifs is 5. The fourth-order valence-corrected chi connectivity index (χ4v) is 7.73. The summed E-state index contributed by atoms with van der Waals surface area (Å²) in [7, 11) is 1.48. The molecule has 3 fully saturated rings. The van der Waals surface area contributed by atoms with Crippen LogP contribution in [0.4, 0.5) is 0 Å². The third-order valence-electron chi connectivity index (χ3n) is 9.13. The van der Waals surface area contributed by atoms with E-state index in [0.717, 1.165) is 32.0 Å². The molecular weight excluding hydrogens is 356 g/mol. The minimum atomic E-state index is -1.06. The second kappa shape index (κ2) is 6.60. The third kappa shape index (κ3) is 2.41. The molecule has 0 heterocycles. The lowest BCUT2D eigenvalue weighted by Gasteiger charge is -2.60. The number of allylic oxidation sites excluding steroid dienone is 1. The maximum absolute atomic E-state index is 13.0. The average molecular weight is 389 g/mol. The fraction of sp³-hybridized carbons (Fsp3) is 0.783. The van der Waals surface area contributed by atoms with Crippen molar-refractivity contribution in [2.45, 2.75) is 64.9 Å². The molecule has 0 aromatic heterocycles. The molecule has 154 valence electrons. The van der Waals surface area contributed by atoms with Gasteiger partial charge in [0.25, 0.3) is 0 Å². The zero-order valence-electron chi connectivity index (χ0n) is 17.2. The monoisotopic (exact) mass is 388 g/mol. The summed E-state index contributed by atoms with van der Waals surface area (Å²) in [6.07, 6.45) is 7.10. The number of hydrogen-bond donors (Lipinski definition) is 1. The number of aliphatic hydroxyl groups is 1. The Balaban J connectivity index is 1.74. The first-order valence-corrected chi connectivity index (χ1v) is 10.6. The van der Waals surface area contributed by atoms with Crippen LogP contribution in [0.1, 0.15) is 58.8 Å². The first-order valence-electron chi connectivity index (χ1n) is 10.6. The average Bonchev–Trinajstić information content (AvgIpc) is 2.95. The van der Waals surface area contributed by atoms with Crippen LogP contribution < -0.4 is 0 Å². The van der Waals surface area contributed by atoms with Crippen molar-refractivity contribution in [3.63, 3.8) is 0 Å². The van der Waals surface area contributed by atoms with Crippen molar-refractivity contribution in [1.82, 2.24) is 0 Å². The van der Waals surface area contributed by atoms with Gasteiger partial charge in [0, 0.05) is 13.5 Å². The van der Waals surface area contributed by atoms with Crippen molar-refractivity contribution in [2.24, 2.45) is 34.0 Å². The molecule has 4 aliphatic rings. The van der Waals surface area contributed by atoms with E-state index in [1.54, 1.807) is 0 Å². The van der Waals surface area contributed by atoms with Crippen LogP contribution in [0, 0.1) is 34.0 Å². The van der Waals surface area contributed by atoms with Gasteiger partial charge in [-0.15, -0.1) is 0 Å². The van der Waals surface area contributed by atoms with Crippen molar-refractivity contribution >= 4 is 17.9 Å². The molecule has 0 aromatic carbocycles. The molecule has 0 radical (unpaired) electrons. The van der Waals surface area contributed by atoms with Gasteiger partial charge in [-0.05, 0) is 73.2 Å². The molecule has 0 aliphatic heterocycles. The summed E-state index contributed by atoms with van der Waals surface area (Å²) in [5.41, 5.74) is -0.546. The minimum Gasteiger partial charge on any atom is -0.393 e. The summed E-state index contributed by atoms with van der Waals surface area (Å²) in [6, 6.07) is 0. The smallest absolute Gasteiger partial charge is 0.172 e. The predicted octanol–water partition coefficient (Wildman–Crippen LogP) is 2.89. The molecule has 5 heteroatoms. The molecule has 7 atom stereocenters. The summed E-state index contributed by atoms with van der Waals surface area (Å²) in [5.74, 6) is 0.668. The van der Waals surface area contributed by atoms with Crippen LogP contribution in [0.5, 0.6) is 0 Å². The minimum absolute atomic E-state index is 0.0576.